The van der Waals surface area contributed by atoms with Crippen molar-refractivity contribution in [2.24, 2.45) is 0 Å². The Morgan fingerprint density at radius 2 is 0.605 bits per heavy atom. The summed E-state index contributed by atoms with van der Waals surface area (Å²) in [5, 5.41) is 0. The van der Waals surface area contributed by atoms with Crippen molar-refractivity contribution in [3.05, 3.63) is 24.3 Å². The van der Waals surface area contributed by atoms with Gasteiger partial charge in [-0.15, -0.1) is 0 Å². The third-order valence-electron chi connectivity index (χ3n) is 7.95. The van der Waals surface area contributed by atoms with E-state index in [1.54, 1.807) is 6.92 Å². The van der Waals surface area contributed by atoms with Crippen molar-refractivity contribution in [1.82, 2.24) is 0 Å². The highest BCUT2D eigenvalue weighted by Crippen LogP contribution is 2.15. The molecule has 0 heterocycles. The number of Topliss-reactive ketones (excluding diaryl/α,β-unsaturated/α-hetero) is 1. The van der Waals surface area contributed by atoms with Gasteiger partial charge in [0.05, 0.1) is 0 Å². The predicted molar refractivity (Wildman–Crippen MR) is 173 cm³/mol. The van der Waals surface area contributed by atoms with E-state index in [1.807, 2.05) is 0 Å². The molecule has 0 N–H and O–H groups in total. The summed E-state index contributed by atoms with van der Waals surface area (Å²) in [4.78, 5) is 10.9. The molecule has 0 saturated heterocycles. The van der Waals surface area contributed by atoms with Crippen LogP contribution in [-0.2, 0) is 4.79 Å². The molecule has 38 heavy (non-hydrogen) atoms. The topological polar surface area (TPSA) is 17.1 Å². The molecular weight excluding hydrogens is 460 g/mol. The third-order valence-corrected chi connectivity index (χ3v) is 7.95. The maximum Gasteiger partial charge on any atom is 0.129 e. The minimum Gasteiger partial charge on any atom is -0.300 e. The van der Waals surface area contributed by atoms with E-state index < -0.39 is 0 Å². The van der Waals surface area contributed by atoms with Gasteiger partial charge in [-0.1, -0.05) is 166 Å². The lowest BCUT2D eigenvalue weighted by atomic mass is 10.0. The van der Waals surface area contributed by atoms with E-state index in [0.29, 0.717) is 5.78 Å². The Balaban J connectivity index is 3.10. The van der Waals surface area contributed by atoms with Crippen molar-refractivity contribution in [3.63, 3.8) is 0 Å². The van der Waals surface area contributed by atoms with E-state index in [0.717, 1.165) is 19.3 Å². The molecule has 0 aliphatic carbocycles. The standard InChI is InChI=1S/C37H70O/c1-3-4-5-6-7-8-9-10-11-12-13-14-15-16-17-18-19-20-21-22-23-24-25-26-27-28-29-30-31-32-33-34-35-36-37(2)38/h10-11,32-33H,3-9,12-31,34-36H2,1-2H3. The monoisotopic (exact) mass is 531 g/mol. The number of unbranched alkanes of at least 4 members (excludes halogenated alkanes) is 26. The Bertz CT molecular complexity index is 503. The second-order valence-corrected chi connectivity index (χ2v) is 12.0. The molecule has 224 valence electrons. The summed E-state index contributed by atoms with van der Waals surface area (Å²) in [6, 6.07) is 0. The van der Waals surface area contributed by atoms with Crippen molar-refractivity contribution in [2.75, 3.05) is 0 Å². The Kier molecular flexibility index (Phi) is 33.4. The van der Waals surface area contributed by atoms with Crippen molar-refractivity contribution in [2.45, 2.75) is 206 Å². The summed E-state index contributed by atoms with van der Waals surface area (Å²) in [5.41, 5.74) is 0. The molecule has 0 atom stereocenters. The summed E-state index contributed by atoms with van der Waals surface area (Å²) in [6.07, 6.45) is 50.5. The highest BCUT2D eigenvalue weighted by atomic mass is 16.1. The fraction of sp³-hybridized carbons (Fsp3) is 0.865. The lowest BCUT2D eigenvalue weighted by molar-refractivity contribution is -0.117. The first kappa shape index (κ1) is 37.1. The summed E-state index contributed by atoms with van der Waals surface area (Å²) in [7, 11) is 0. The molecule has 0 saturated carbocycles. The van der Waals surface area contributed by atoms with Crippen LogP contribution in [0.25, 0.3) is 0 Å². The van der Waals surface area contributed by atoms with Gasteiger partial charge in [0.15, 0.2) is 0 Å². The third kappa shape index (κ3) is 35.2. The highest BCUT2D eigenvalue weighted by molar-refractivity contribution is 5.75. The molecule has 0 aliphatic rings. The number of hydrogen-bond donors (Lipinski definition) is 0. The van der Waals surface area contributed by atoms with Crippen LogP contribution < -0.4 is 0 Å². The zero-order chi connectivity index (χ0) is 27.6. The van der Waals surface area contributed by atoms with Crippen molar-refractivity contribution >= 4 is 5.78 Å². The molecule has 1 heteroatoms. The zero-order valence-electron chi connectivity index (χ0n) is 26.4. The molecule has 0 aromatic heterocycles. The van der Waals surface area contributed by atoms with Gasteiger partial charge in [-0.05, 0) is 58.3 Å². The Labute approximate surface area is 241 Å². The smallest absolute Gasteiger partial charge is 0.129 e. The average Bonchev–Trinajstić information content (AvgIpc) is 2.91. The number of allylic oxidation sites excluding steroid dienone is 4. The summed E-state index contributed by atoms with van der Waals surface area (Å²) in [6.45, 7) is 3.98. The van der Waals surface area contributed by atoms with E-state index in [9.17, 15) is 4.79 Å². The van der Waals surface area contributed by atoms with E-state index in [2.05, 4.69) is 31.2 Å². The minimum absolute atomic E-state index is 0.317. The van der Waals surface area contributed by atoms with Gasteiger partial charge < -0.3 is 4.79 Å². The van der Waals surface area contributed by atoms with Gasteiger partial charge in [0, 0.05) is 6.42 Å². The van der Waals surface area contributed by atoms with Crippen LogP contribution in [0.15, 0.2) is 24.3 Å². The second-order valence-electron chi connectivity index (χ2n) is 12.0. The minimum atomic E-state index is 0.317. The summed E-state index contributed by atoms with van der Waals surface area (Å²) in [5.74, 6) is 0.317. The lowest BCUT2D eigenvalue weighted by Crippen LogP contribution is -1.87. The van der Waals surface area contributed by atoms with Gasteiger partial charge in [0.1, 0.15) is 5.78 Å². The first-order valence-electron chi connectivity index (χ1n) is 17.6. The second kappa shape index (κ2) is 34.2. The first-order chi connectivity index (χ1) is 18.8. The molecule has 0 fully saturated rings. The van der Waals surface area contributed by atoms with E-state index in [1.165, 1.54) is 173 Å². The fourth-order valence-electron chi connectivity index (χ4n) is 5.34. The lowest BCUT2D eigenvalue weighted by Gasteiger charge is -2.04. The Morgan fingerprint density at radius 3 is 0.868 bits per heavy atom. The van der Waals surface area contributed by atoms with Crippen LogP contribution in [0.1, 0.15) is 206 Å². The molecule has 0 aromatic rings. The van der Waals surface area contributed by atoms with E-state index in [-0.39, 0.29) is 0 Å². The number of carbonyl (C=O) groups is 1. The highest BCUT2D eigenvalue weighted by Gasteiger charge is 1.96. The Morgan fingerprint density at radius 1 is 0.368 bits per heavy atom. The molecule has 1 nitrogen and oxygen atoms in total. The van der Waals surface area contributed by atoms with E-state index >= 15 is 0 Å². The molecule has 0 bridgehead atoms. The van der Waals surface area contributed by atoms with Crippen LogP contribution in [-0.4, -0.2) is 5.78 Å². The van der Waals surface area contributed by atoms with Crippen LogP contribution in [0.4, 0.5) is 0 Å². The number of ketones is 1. The number of rotatable bonds is 32. The zero-order valence-corrected chi connectivity index (χ0v) is 26.4. The maximum absolute atomic E-state index is 10.9. The fourth-order valence-corrected chi connectivity index (χ4v) is 5.34. The molecule has 0 spiro atoms. The van der Waals surface area contributed by atoms with Crippen LogP contribution in [0.5, 0.6) is 0 Å². The van der Waals surface area contributed by atoms with Gasteiger partial charge in [-0.2, -0.15) is 0 Å². The summed E-state index contributed by atoms with van der Waals surface area (Å²) < 4.78 is 0. The first-order valence-corrected chi connectivity index (χ1v) is 17.6. The van der Waals surface area contributed by atoms with Crippen LogP contribution in [0, 0.1) is 0 Å². The SMILES string of the molecule is CCCCCCCCC=CCCCCCCCCCCCCCCCCCCCCC=CCCCC(C)=O. The largest absolute Gasteiger partial charge is 0.300 e. The van der Waals surface area contributed by atoms with Gasteiger partial charge >= 0.3 is 0 Å². The molecule has 0 radical (unpaired) electrons. The maximum atomic E-state index is 10.9. The summed E-state index contributed by atoms with van der Waals surface area (Å²) >= 11 is 0. The number of carbonyl (C=O) groups excluding carboxylic acids is 1. The molecule has 0 unspecified atom stereocenters. The average molecular weight is 531 g/mol. The van der Waals surface area contributed by atoms with Gasteiger partial charge in [0.25, 0.3) is 0 Å². The van der Waals surface area contributed by atoms with Crippen molar-refractivity contribution < 1.29 is 4.79 Å². The predicted octanol–water partition coefficient (Wildman–Crippen LogP) is 13.4. The number of hydrogen-bond acceptors (Lipinski definition) is 1. The van der Waals surface area contributed by atoms with Crippen LogP contribution >= 0.6 is 0 Å². The molecule has 0 aromatic carbocycles. The normalized spacial score (nSPS) is 11.8. The molecule has 0 amide bonds. The van der Waals surface area contributed by atoms with Crippen molar-refractivity contribution in [3.8, 4) is 0 Å². The quantitative estimate of drug-likeness (QED) is 0.0624. The van der Waals surface area contributed by atoms with Crippen LogP contribution in [0.3, 0.4) is 0 Å². The molecular formula is C37H70O. The van der Waals surface area contributed by atoms with Gasteiger partial charge in [0.2, 0.25) is 0 Å². The van der Waals surface area contributed by atoms with Crippen molar-refractivity contribution in [1.29, 1.82) is 0 Å². The van der Waals surface area contributed by atoms with Gasteiger partial charge in [-0.3, -0.25) is 0 Å². The van der Waals surface area contributed by atoms with E-state index in [4.69, 9.17) is 0 Å². The van der Waals surface area contributed by atoms with Gasteiger partial charge in [-0.25, -0.2) is 0 Å². The molecule has 0 aliphatic heterocycles. The Hall–Kier alpha value is -0.850. The molecule has 0 rings (SSSR count). The van der Waals surface area contributed by atoms with Crippen LogP contribution in [0.2, 0.25) is 0 Å².